The number of thioether (sulfide) groups is 1. The van der Waals surface area contributed by atoms with Crippen LogP contribution in [0.15, 0.2) is 17.0 Å². The summed E-state index contributed by atoms with van der Waals surface area (Å²) in [6, 6.07) is 2.11. The van der Waals surface area contributed by atoms with Crippen molar-refractivity contribution in [1.82, 2.24) is 0 Å². The number of halogens is 2. The van der Waals surface area contributed by atoms with Crippen LogP contribution < -0.4 is 0 Å². The van der Waals surface area contributed by atoms with E-state index in [1.807, 2.05) is 0 Å². The number of benzene rings is 1. The van der Waals surface area contributed by atoms with E-state index in [4.69, 9.17) is 0 Å². The fourth-order valence-electron chi connectivity index (χ4n) is 2.19. The molecule has 0 saturated heterocycles. The first-order valence-electron chi connectivity index (χ1n) is 5.28. The smallest absolute Gasteiger partial charge is 0.314 e. The molecule has 0 atom stereocenters. The molecule has 1 N–H and O–H groups in total. The molecule has 1 aliphatic rings. The lowest BCUT2D eigenvalue weighted by Crippen LogP contribution is -2.43. The Kier molecular flexibility index (Phi) is 3.12. The largest absolute Gasteiger partial charge is 0.481 e. The summed E-state index contributed by atoms with van der Waals surface area (Å²) >= 11 is 1.08. The summed E-state index contributed by atoms with van der Waals surface area (Å²) in [4.78, 5) is 11.4. The maximum Gasteiger partial charge on any atom is 0.314 e. The molecule has 92 valence electrons. The first kappa shape index (κ1) is 12.4. The van der Waals surface area contributed by atoms with Crippen molar-refractivity contribution in [1.29, 1.82) is 0 Å². The van der Waals surface area contributed by atoms with Gasteiger partial charge in [0.15, 0.2) is 0 Å². The third-order valence-electron chi connectivity index (χ3n) is 3.36. The minimum atomic E-state index is -1.23. The third kappa shape index (κ3) is 1.82. The van der Waals surface area contributed by atoms with Crippen LogP contribution in [0.1, 0.15) is 24.8 Å². The number of aliphatic carboxylic acids is 1. The third-order valence-corrected chi connectivity index (χ3v) is 4.09. The van der Waals surface area contributed by atoms with Gasteiger partial charge in [0.1, 0.15) is 11.6 Å². The van der Waals surface area contributed by atoms with Gasteiger partial charge in [0.05, 0.1) is 5.41 Å². The van der Waals surface area contributed by atoms with Crippen LogP contribution in [-0.4, -0.2) is 17.3 Å². The summed E-state index contributed by atoms with van der Waals surface area (Å²) in [6.07, 6.45) is 3.11. The van der Waals surface area contributed by atoms with E-state index in [1.54, 1.807) is 6.26 Å². The molecule has 2 rings (SSSR count). The Morgan fingerprint density at radius 1 is 1.41 bits per heavy atom. The SMILES string of the molecule is CSc1cc(F)cc(C2(C(=O)O)CCC2)c1F. The van der Waals surface area contributed by atoms with E-state index >= 15 is 0 Å². The molecular weight excluding hydrogens is 246 g/mol. The van der Waals surface area contributed by atoms with Gasteiger partial charge in [-0.3, -0.25) is 4.79 Å². The minimum Gasteiger partial charge on any atom is -0.481 e. The fraction of sp³-hybridized carbons (Fsp3) is 0.417. The first-order chi connectivity index (χ1) is 8.01. The summed E-state index contributed by atoms with van der Waals surface area (Å²) < 4.78 is 27.5. The number of hydrogen-bond donors (Lipinski definition) is 1. The lowest BCUT2D eigenvalue weighted by atomic mass is 9.64. The van der Waals surface area contributed by atoms with Crippen LogP contribution in [0.2, 0.25) is 0 Å². The van der Waals surface area contributed by atoms with Gasteiger partial charge in [0, 0.05) is 10.5 Å². The number of carbonyl (C=O) groups is 1. The molecule has 0 unspecified atom stereocenters. The lowest BCUT2D eigenvalue weighted by Gasteiger charge is -2.38. The van der Waals surface area contributed by atoms with Crippen molar-refractivity contribution in [3.8, 4) is 0 Å². The number of carboxylic acid groups (broad SMARTS) is 1. The van der Waals surface area contributed by atoms with Gasteiger partial charge in [-0.1, -0.05) is 6.42 Å². The first-order valence-corrected chi connectivity index (χ1v) is 6.50. The molecular formula is C12H12F2O2S. The number of carboxylic acids is 1. The summed E-state index contributed by atoms with van der Waals surface area (Å²) in [6.45, 7) is 0. The van der Waals surface area contributed by atoms with Crippen molar-refractivity contribution in [2.75, 3.05) is 6.26 Å². The molecule has 0 aliphatic heterocycles. The van der Waals surface area contributed by atoms with Crippen molar-refractivity contribution >= 4 is 17.7 Å². The van der Waals surface area contributed by atoms with Crippen LogP contribution >= 0.6 is 11.8 Å². The highest BCUT2D eigenvalue weighted by Gasteiger charge is 2.48. The monoisotopic (exact) mass is 258 g/mol. The Morgan fingerprint density at radius 3 is 2.47 bits per heavy atom. The highest BCUT2D eigenvalue weighted by molar-refractivity contribution is 7.98. The fourth-order valence-corrected chi connectivity index (χ4v) is 2.71. The quantitative estimate of drug-likeness (QED) is 0.846. The van der Waals surface area contributed by atoms with E-state index in [2.05, 4.69) is 0 Å². The van der Waals surface area contributed by atoms with Crippen LogP contribution in [0, 0.1) is 11.6 Å². The summed E-state index contributed by atoms with van der Waals surface area (Å²) in [5.74, 6) is -2.25. The predicted molar refractivity (Wildman–Crippen MR) is 61.3 cm³/mol. The second-order valence-electron chi connectivity index (χ2n) is 4.21. The van der Waals surface area contributed by atoms with Crippen LogP contribution in [-0.2, 0) is 10.2 Å². The zero-order valence-corrected chi connectivity index (χ0v) is 10.1. The van der Waals surface area contributed by atoms with E-state index in [0.717, 1.165) is 30.3 Å². The molecule has 1 fully saturated rings. The van der Waals surface area contributed by atoms with Crippen molar-refractivity contribution in [2.45, 2.75) is 29.6 Å². The minimum absolute atomic E-state index is 0.0133. The van der Waals surface area contributed by atoms with Gasteiger partial charge in [0.25, 0.3) is 0 Å². The highest BCUT2D eigenvalue weighted by atomic mass is 32.2. The van der Waals surface area contributed by atoms with E-state index < -0.39 is 23.0 Å². The number of hydrogen-bond acceptors (Lipinski definition) is 2. The molecule has 0 aromatic heterocycles. The highest BCUT2D eigenvalue weighted by Crippen LogP contribution is 2.46. The molecule has 5 heteroatoms. The second kappa shape index (κ2) is 4.29. The van der Waals surface area contributed by atoms with Gasteiger partial charge in [-0.2, -0.15) is 0 Å². The molecule has 1 aromatic rings. The summed E-state index contributed by atoms with van der Waals surface area (Å²) in [5.41, 5.74) is -1.24. The van der Waals surface area contributed by atoms with Crippen LogP contribution in [0.4, 0.5) is 8.78 Å². The molecule has 2 nitrogen and oxygen atoms in total. The Bertz CT molecular complexity index is 470. The molecule has 0 amide bonds. The second-order valence-corrected chi connectivity index (χ2v) is 5.06. The molecule has 1 saturated carbocycles. The van der Waals surface area contributed by atoms with Gasteiger partial charge in [0.2, 0.25) is 0 Å². The molecule has 0 bridgehead atoms. The van der Waals surface area contributed by atoms with Crippen molar-refractivity contribution in [3.63, 3.8) is 0 Å². The van der Waals surface area contributed by atoms with Crippen LogP contribution in [0.5, 0.6) is 0 Å². The van der Waals surface area contributed by atoms with Gasteiger partial charge >= 0.3 is 5.97 Å². The van der Waals surface area contributed by atoms with Crippen molar-refractivity contribution in [2.24, 2.45) is 0 Å². The van der Waals surface area contributed by atoms with Gasteiger partial charge < -0.3 is 5.11 Å². The van der Waals surface area contributed by atoms with Gasteiger partial charge in [-0.15, -0.1) is 11.8 Å². The molecule has 17 heavy (non-hydrogen) atoms. The Morgan fingerprint density at radius 2 is 2.06 bits per heavy atom. The maximum atomic E-state index is 14.1. The maximum absolute atomic E-state index is 14.1. The topological polar surface area (TPSA) is 37.3 Å². The number of rotatable bonds is 3. The molecule has 0 heterocycles. The Labute approximate surface area is 102 Å². The van der Waals surface area contributed by atoms with E-state index in [9.17, 15) is 18.7 Å². The van der Waals surface area contributed by atoms with Crippen molar-refractivity contribution in [3.05, 3.63) is 29.3 Å². The van der Waals surface area contributed by atoms with Gasteiger partial charge in [-0.05, 0) is 31.2 Å². The van der Waals surface area contributed by atoms with Gasteiger partial charge in [-0.25, -0.2) is 8.78 Å². The van der Waals surface area contributed by atoms with E-state index in [1.165, 1.54) is 0 Å². The molecule has 1 aromatic carbocycles. The Balaban J connectivity index is 2.58. The van der Waals surface area contributed by atoms with Crippen molar-refractivity contribution < 1.29 is 18.7 Å². The summed E-state index contributed by atoms with van der Waals surface area (Å²) in [7, 11) is 0. The lowest BCUT2D eigenvalue weighted by molar-refractivity contribution is -0.147. The van der Waals surface area contributed by atoms with E-state index in [-0.39, 0.29) is 10.5 Å². The zero-order chi connectivity index (χ0) is 12.6. The average Bonchev–Trinajstić information content (AvgIpc) is 2.20. The molecule has 0 spiro atoms. The van der Waals surface area contributed by atoms with E-state index in [0.29, 0.717) is 12.8 Å². The normalized spacial score (nSPS) is 17.6. The predicted octanol–water partition coefficient (Wildman–Crippen LogP) is 3.19. The average molecular weight is 258 g/mol. The Hall–Kier alpha value is -1.10. The zero-order valence-electron chi connectivity index (χ0n) is 9.30. The standard InChI is InChI=1S/C12H12F2O2S/c1-17-9-6-7(13)5-8(10(9)14)12(11(15)16)3-2-4-12/h5-6H,2-4H2,1H3,(H,15,16). The molecule has 1 aliphatic carbocycles. The molecule has 0 radical (unpaired) electrons. The van der Waals surface area contributed by atoms with Crippen LogP contribution in [0.3, 0.4) is 0 Å². The summed E-state index contributed by atoms with van der Waals surface area (Å²) in [5, 5.41) is 9.22. The van der Waals surface area contributed by atoms with Crippen LogP contribution in [0.25, 0.3) is 0 Å².